The summed E-state index contributed by atoms with van der Waals surface area (Å²) >= 11 is 0. The van der Waals surface area contributed by atoms with Crippen LogP contribution in [-0.4, -0.2) is 24.0 Å². The Balaban J connectivity index is 1.95. The summed E-state index contributed by atoms with van der Waals surface area (Å²) in [5.41, 5.74) is 0.115. The fraction of sp³-hybridized carbons (Fsp3) is 0.867. The van der Waals surface area contributed by atoms with Gasteiger partial charge in [-0.3, -0.25) is 9.59 Å². The first-order valence-corrected chi connectivity index (χ1v) is 7.42. The Morgan fingerprint density at radius 1 is 1.26 bits per heavy atom. The van der Waals surface area contributed by atoms with Crippen molar-refractivity contribution in [3.63, 3.8) is 0 Å². The second-order valence-corrected chi connectivity index (χ2v) is 6.93. The summed E-state index contributed by atoms with van der Waals surface area (Å²) < 4.78 is 5.68. The monoisotopic (exact) mass is 265 g/mol. The molecule has 3 fully saturated rings. The third-order valence-corrected chi connectivity index (χ3v) is 5.75. The van der Waals surface area contributed by atoms with Crippen molar-refractivity contribution in [2.75, 3.05) is 0 Å². The highest BCUT2D eigenvalue weighted by molar-refractivity contribution is 5.77. The molecule has 0 bridgehead atoms. The zero-order valence-electron chi connectivity index (χ0n) is 11.9. The Kier molecular flexibility index (Phi) is 2.88. The number of amides is 1. The van der Waals surface area contributed by atoms with Crippen molar-refractivity contribution in [1.29, 1.82) is 0 Å². The lowest BCUT2D eigenvalue weighted by atomic mass is 9.58. The topological polar surface area (TPSA) is 55.4 Å². The molecule has 0 aromatic carbocycles. The molecule has 3 aliphatic rings. The highest BCUT2D eigenvalue weighted by Crippen LogP contribution is 2.53. The van der Waals surface area contributed by atoms with Crippen molar-refractivity contribution < 1.29 is 14.3 Å². The van der Waals surface area contributed by atoms with Gasteiger partial charge in [-0.1, -0.05) is 13.8 Å². The zero-order chi connectivity index (χ0) is 13.8. The van der Waals surface area contributed by atoms with Crippen LogP contribution in [0.1, 0.15) is 46.5 Å². The van der Waals surface area contributed by atoms with Gasteiger partial charge < -0.3 is 10.1 Å². The van der Waals surface area contributed by atoms with Crippen molar-refractivity contribution in [3.8, 4) is 0 Å². The van der Waals surface area contributed by atoms with Crippen LogP contribution in [0.25, 0.3) is 0 Å². The summed E-state index contributed by atoms with van der Waals surface area (Å²) in [6.45, 7) is 6.31. The SMILES string of the molecule is C[C@@H]1C(=O)O[C@H]2C1CCC1(C)CCC(=O)N[C@H](C)C21. The third kappa shape index (κ3) is 1.87. The predicted molar refractivity (Wildman–Crippen MR) is 70.2 cm³/mol. The number of carbonyl (C=O) groups is 2. The van der Waals surface area contributed by atoms with Gasteiger partial charge >= 0.3 is 5.97 Å². The molecule has 1 saturated carbocycles. The molecule has 0 aromatic heterocycles. The molecule has 3 unspecified atom stereocenters. The highest BCUT2D eigenvalue weighted by Gasteiger charge is 2.56. The van der Waals surface area contributed by atoms with E-state index in [-0.39, 0.29) is 41.3 Å². The van der Waals surface area contributed by atoms with Gasteiger partial charge in [0.25, 0.3) is 0 Å². The predicted octanol–water partition coefficient (Wildman–Crippen LogP) is 1.88. The molecule has 4 nitrogen and oxygen atoms in total. The Hall–Kier alpha value is -1.06. The van der Waals surface area contributed by atoms with E-state index >= 15 is 0 Å². The second-order valence-electron chi connectivity index (χ2n) is 6.93. The summed E-state index contributed by atoms with van der Waals surface area (Å²) in [6.07, 6.45) is 3.64. The molecule has 2 heterocycles. The molecule has 1 N–H and O–H groups in total. The van der Waals surface area contributed by atoms with Crippen molar-refractivity contribution in [2.45, 2.75) is 58.6 Å². The van der Waals surface area contributed by atoms with Gasteiger partial charge in [-0.25, -0.2) is 0 Å². The van der Waals surface area contributed by atoms with E-state index in [9.17, 15) is 9.59 Å². The minimum atomic E-state index is -0.0537. The maximum atomic E-state index is 11.9. The molecular formula is C15H23NO3. The Morgan fingerprint density at radius 2 is 2.00 bits per heavy atom. The van der Waals surface area contributed by atoms with Crippen LogP contribution in [0.2, 0.25) is 0 Å². The summed E-state index contributed by atoms with van der Waals surface area (Å²) in [7, 11) is 0. The summed E-state index contributed by atoms with van der Waals surface area (Å²) in [6, 6.07) is 0.0888. The quantitative estimate of drug-likeness (QED) is 0.680. The highest BCUT2D eigenvalue weighted by atomic mass is 16.6. The zero-order valence-corrected chi connectivity index (χ0v) is 11.9. The number of esters is 1. The molecule has 1 amide bonds. The van der Waals surface area contributed by atoms with E-state index in [4.69, 9.17) is 4.74 Å². The normalized spacial score (nSPS) is 49.7. The summed E-state index contributed by atoms with van der Waals surface area (Å²) in [5, 5.41) is 3.08. The van der Waals surface area contributed by atoms with Crippen molar-refractivity contribution >= 4 is 11.9 Å². The largest absolute Gasteiger partial charge is 0.461 e. The molecule has 19 heavy (non-hydrogen) atoms. The van der Waals surface area contributed by atoms with Crippen LogP contribution in [0.5, 0.6) is 0 Å². The van der Waals surface area contributed by atoms with Gasteiger partial charge in [-0.15, -0.1) is 0 Å². The number of rotatable bonds is 0. The Bertz CT molecular complexity index is 422. The van der Waals surface area contributed by atoms with Crippen LogP contribution in [0.4, 0.5) is 0 Å². The average molecular weight is 265 g/mol. The molecule has 2 saturated heterocycles. The van der Waals surface area contributed by atoms with Gasteiger partial charge in [0.05, 0.1) is 5.92 Å². The van der Waals surface area contributed by atoms with Crippen molar-refractivity contribution in [2.24, 2.45) is 23.2 Å². The lowest BCUT2D eigenvalue weighted by Crippen LogP contribution is -2.52. The lowest BCUT2D eigenvalue weighted by Gasteiger charge is -2.48. The number of hydrogen-bond donors (Lipinski definition) is 1. The second kappa shape index (κ2) is 4.22. The number of nitrogens with one attached hydrogen (secondary N) is 1. The standard InChI is InChI=1S/C15H23NO3/c1-8-10-4-6-15(3)7-5-11(17)16-9(2)12(15)13(10)19-14(8)18/h8-10,12-13H,4-7H2,1-3H3,(H,16,17)/t8-,9+,10?,12?,13-,15?/m0/s1. The van der Waals surface area contributed by atoms with E-state index in [0.29, 0.717) is 12.3 Å². The minimum absolute atomic E-state index is 0.00495. The van der Waals surface area contributed by atoms with E-state index in [1.807, 2.05) is 6.92 Å². The van der Waals surface area contributed by atoms with E-state index < -0.39 is 0 Å². The first-order chi connectivity index (χ1) is 8.92. The molecule has 2 aliphatic heterocycles. The number of carbonyl (C=O) groups excluding carboxylic acids is 2. The molecule has 0 aromatic rings. The molecule has 106 valence electrons. The average Bonchev–Trinajstić information content (AvgIpc) is 2.55. The first kappa shape index (κ1) is 12.9. The molecule has 0 radical (unpaired) electrons. The number of ether oxygens (including phenoxy) is 1. The first-order valence-electron chi connectivity index (χ1n) is 7.42. The van der Waals surface area contributed by atoms with Crippen LogP contribution < -0.4 is 5.32 Å². The van der Waals surface area contributed by atoms with Gasteiger partial charge in [0, 0.05) is 24.3 Å². The molecule has 3 rings (SSSR count). The van der Waals surface area contributed by atoms with Crippen LogP contribution >= 0.6 is 0 Å². The Morgan fingerprint density at radius 3 is 2.74 bits per heavy atom. The maximum absolute atomic E-state index is 11.9. The van der Waals surface area contributed by atoms with Crippen LogP contribution in [-0.2, 0) is 14.3 Å². The van der Waals surface area contributed by atoms with E-state index in [1.54, 1.807) is 0 Å². The molecule has 0 spiro atoms. The molecule has 1 aliphatic carbocycles. The van der Waals surface area contributed by atoms with Crippen LogP contribution in [0.15, 0.2) is 0 Å². The minimum Gasteiger partial charge on any atom is -0.461 e. The van der Waals surface area contributed by atoms with Crippen molar-refractivity contribution in [1.82, 2.24) is 5.32 Å². The molecule has 6 atom stereocenters. The molecular weight excluding hydrogens is 242 g/mol. The van der Waals surface area contributed by atoms with Crippen molar-refractivity contribution in [3.05, 3.63) is 0 Å². The smallest absolute Gasteiger partial charge is 0.309 e. The van der Waals surface area contributed by atoms with Gasteiger partial charge in [0.15, 0.2) is 0 Å². The lowest BCUT2D eigenvalue weighted by molar-refractivity contribution is -0.149. The van der Waals surface area contributed by atoms with Gasteiger partial charge in [-0.05, 0) is 31.6 Å². The Labute approximate surface area is 114 Å². The van der Waals surface area contributed by atoms with E-state index in [2.05, 4.69) is 19.2 Å². The van der Waals surface area contributed by atoms with E-state index in [0.717, 1.165) is 19.3 Å². The van der Waals surface area contributed by atoms with E-state index in [1.165, 1.54) is 0 Å². The van der Waals surface area contributed by atoms with Crippen LogP contribution in [0.3, 0.4) is 0 Å². The van der Waals surface area contributed by atoms with Gasteiger partial charge in [-0.2, -0.15) is 0 Å². The van der Waals surface area contributed by atoms with Crippen LogP contribution in [0, 0.1) is 23.2 Å². The third-order valence-electron chi connectivity index (χ3n) is 5.75. The number of fused-ring (bicyclic) bond motifs is 3. The fourth-order valence-electron chi connectivity index (χ4n) is 4.60. The molecule has 4 heteroatoms. The maximum Gasteiger partial charge on any atom is 0.309 e. The van der Waals surface area contributed by atoms with Gasteiger partial charge in [0.1, 0.15) is 6.10 Å². The number of hydrogen-bond acceptors (Lipinski definition) is 3. The fourth-order valence-corrected chi connectivity index (χ4v) is 4.60. The summed E-state index contributed by atoms with van der Waals surface area (Å²) in [5.74, 6) is 0.689. The van der Waals surface area contributed by atoms with Gasteiger partial charge in [0.2, 0.25) is 5.91 Å². The summed E-state index contributed by atoms with van der Waals surface area (Å²) in [4.78, 5) is 23.6.